The molecule has 1 aliphatic rings. The van der Waals surface area contributed by atoms with Crippen LogP contribution in [0.1, 0.15) is 26.2 Å². The van der Waals surface area contributed by atoms with Crippen LogP contribution in [0.5, 0.6) is 0 Å². The molecular weight excluding hydrogens is 330 g/mol. The molecule has 0 atom stereocenters. The van der Waals surface area contributed by atoms with Gasteiger partial charge in [-0.25, -0.2) is 13.4 Å². The smallest absolute Gasteiger partial charge is 0.246 e. The molecule has 1 aliphatic heterocycles. The second-order valence-electron chi connectivity index (χ2n) is 4.50. The van der Waals surface area contributed by atoms with Gasteiger partial charge in [0.2, 0.25) is 10.0 Å². The molecule has 1 aromatic heterocycles. The normalized spacial score (nSPS) is 17.4. The van der Waals surface area contributed by atoms with E-state index in [1.54, 1.807) is 16.6 Å². The second-order valence-corrected chi connectivity index (χ2v) is 7.32. The number of halogens is 1. The highest BCUT2D eigenvalue weighted by Crippen LogP contribution is 2.27. The molecule has 1 saturated heterocycles. The van der Waals surface area contributed by atoms with Crippen molar-refractivity contribution in [1.82, 2.24) is 9.29 Å². The SMILES string of the molecule is CCNc1ncc(Br)cc1S(=O)(=O)N1CCCCC1. The predicted molar refractivity (Wildman–Crippen MR) is 78.7 cm³/mol. The molecule has 0 spiro atoms. The summed E-state index contributed by atoms with van der Waals surface area (Å²) in [4.78, 5) is 4.42. The molecule has 0 unspecified atom stereocenters. The van der Waals surface area contributed by atoms with Gasteiger partial charge in [-0.3, -0.25) is 0 Å². The minimum absolute atomic E-state index is 0.255. The Morgan fingerprint density at radius 2 is 2.05 bits per heavy atom. The Morgan fingerprint density at radius 3 is 2.68 bits per heavy atom. The molecule has 2 heterocycles. The number of hydrogen-bond donors (Lipinski definition) is 1. The first kappa shape index (κ1) is 14.7. The Labute approximate surface area is 122 Å². The van der Waals surface area contributed by atoms with Gasteiger partial charge in [-0.05, 0) is 41.8 Å². The molecule has 0 saturated carbocycles. The van der Waals surface area contributed by atoms with Gasteiger partial charge in [0.25, 0.3) is 0 Å². The van der Waals surface area contributed by atoms with E-state index >= 15 is 0 Å². The maximum Gasteiger partial charge on any atom is 0.246 e. The van der Waals surface area contributed by atoms with Gasteiger partial charge in [0.05, 0.1) is 0 Å². The minimum atomic E-state index is -3.46. The zero-order chi connectivity index (χ0) is 13.9. The van der Waals surface area contributed by atoms with Crippen molar-refractivity contribution < 1.29 is 8.42 Å². The average molecular weight is 348 g/mol. The molecule has 1 fully saturated rings. The van der Waals surface area contributed by atoms with Gasteiger partial charge >= 0.3 is 0 Å². The molecular formula is C12H18BrN3O2S. The predicted octanol–water partition coefficient (Wildman–Crippen LogP) is 2.45. The molecule has 0 radical (unpaired) electrons. The van der Waals surface area contributed by atoms with Crippen LogP contribution in [0, 0.1) is 0 Å². The summed E-state index contributed by atoms with van der Waals surface area (Å²) in [5.74, 6) is 0.427. The van der Waals surface area contributed by atoms with E-state index in [1.807, 2.05) is 6.92 Å². The van der Waals surface area contributed by atoms with Crippen molar-refractivity contribution >= 4 is 31.8 Å². The van der Waals surface area contributed by atoms with Gasteiger partial charge in [0.15, 0.2) is 0 Å². The molecule has 0 amide bonds. The van der Waals surface area contributed by atoms with Crippen LogP contribution in [-0.2, 0) is 10.0 Å². The van der Waals surface area contributed by atoms with Crippen LogP contribution in [0.2, 0.25) is 0 Å². The summed E-state index contributed by atoms with van der Waals surface area (Å²) in [6.07, 6.45) is 4.56. The van der Waals surface area contributed by atoms with Crippen molar-refractivity contribution in [2.24, 2.45) is 0 Å². The van der Waals surface area contributed by atoms with Crippen LogP contribution in [-0.4, -0.2) is 37.3 Å². The monoisotopic (exact) mass is 347 g/mol. The summed E-state index contributed by atoms with van der Waals surface area (Å²) in [6, 6.07) is 1.62. The van der Waals surface area contributed by atoms with Crippen LogP contribution in [0.3, 0.4) is 0 Å². The van der Waals surface area contributed by atoms with E-state index in [-0.39, 0.29) is 4.90 Å². The van der Waals surface area contributed by atoms with E-state index < -0.39 is 10.0 Å². The highest BCUT2D eigenvalue weighted by atomic mass is 79.9. The molecule has 7 heteroatoms. The van der Waals surface area contributed by atoms with Crippen molar-refractivity contribution in [2.75, 3.05) is 25.0 Å². The van der Waals surface area contributed by atoms with Gasteiger partial charge in [0.1, 0.15) is 10.7 Å². The lowest BCUT2D eigenvalue weighted by Crippen LogP contribution is -2.36. The summed E-state index contributed by atoms with van der Waals surface area (Å²) >= 11 is 3.29. The summed E-state index contributed by atoms with van der Waals surface area (Å²) in [5, 5.41) is 3.01. The maximum absolute atomic E-state index is 12.7. The molecule has 2 rings (SSSR count). The number of anilines is 1. The molecule has 0 bridgehead atoms. The third-order valence-corrected chi connectivity index (χ3v) is 5.44. The van der Waals surface area contributed by atoms with Crippen molar-refractivity contribution in [2.45, 2.75) is 31.1 Å². The molecule has 1 aromatic rings. The van der Waals surface area contributed by atoms with Crippen LogP contribution in [0.25, 0.3) is 0 Å². The fourth-order valence-corrected chi connectivity index (χ4v) is 4.31. The number of rotatable bonds is 4. The van der Waals surface area contributed by atoms with Crippen molar-refractivity contribution in [3.05, 3.63) is 16.7 Å². The van der Waals surface area contributed by atoms with Gasteiger partial charge < -0.3 is 5.32 Å². The fourth-order valence-electron chi connectivity index (χ4n) is 2.16. The number of aromatic nitrogens is 1. The number of hydrogen-bond acceptors (Lipinski definition) is 4. The van der Waals surface area contributed by atoms with Crippen molar-refractivity contribution in [3.8, 4) is 0 Å². The molecule has 106 valence electrons. The van der Waals surface area contributed by atoms with Gasteiger partial charge in [-0.15, -0.1) is 0 Å². The van der Waals surface area contributed by atoms with E-state index in [0.717, 1.165) is 19.3 Å². The summed E-state index contributed by atoms with van der Waals surface area (Å²) in [5.41, 5.74) is 0. The first-order chi connectivity index (χ1) is 9.05. The lowest BCUT2D eigenvalue weighted by atomic mass is 10.2. The van der Waals surface area contributed by atoms with E-state index in [4.69, 9.17) is 0 Å². The number of sulfonamides is 1. The zero-order valence-electron chi connectivity index (χ0n) is 10.9. The van der Waals surface area contributed by atoms with E-state index in [0.29, 0.717) is 29.9 Å². The third kappa shape index (κ3) is 3.27. The van der Waals surface area contributed by atoms with Crippen molar-refractivity contribution in [1.29, 1.82) is 0 Å². The molecule has 5 nitrogen and oxygen atoms in total. The first-order valence-corrected chi connectivity index (χ1v) is 8.68. The van der Waals surface area contributed by atoms with Gasteiger partial charge in [-0.1, -0.05) is 6.42 Å². The molecule has 19 heavy (non-hydrogen) atoms. The van der Waals surface area contributed by atoms with Crippen molar-refractivity contribution in [3.63, 3.8) is 0 Å². The lowest BCUT2D eigenvalue weighted by molar-refractivity contribution is 0.346. The quantitative estimate of drug-likeness (QED) is 0.908. The molecule has 0 aromatic carbocycles. The summed E-state index contributed by atoms with van der Waals surface area (Å²) < 4.78 is 27.5. The van der Waals surface area contributed by atoms with Crippen LogP contribution < -0.4 is 5.32 Å². The summed E-state index contributed by atoms with van der Waals surface area (Å²) in [6.45, 7) is 3.75. The Bertz CT molecular complexity index is 542. The van der Waals surface area contributed by atoms with Crippen LogP contribution >= 0.6 is 15.9 Å². The third-order valence-electron chi connectivity index (χ3n) is 3.10. The lowest BCUT2D eigenvalue weighted by Gasteiger charge is -2.26. The largest absolute Gasteiger partial charge is 0.369 e. The average Bonchev–Trinajstić information content (AvgIpc) is 2.42. The molecule has 1 N–H and O–H groups in total. The Morgan fingerprint density at radius 1 is 1.37 bits per heavy atom. The van der Waals surface area contributed by atoms with Crippen LogP contribution in [0.15, 0.2) is 21.6 Å². The number of nitrogens with zero attached hydrogens (tertiary/aromatic N) is 2. The van der Waals surface area contributed by atoms with E-state index in [2.05, 4.69) is 26.2 Å². The molecule has 0 aliphatic carbocycles. The van der Waals surface area contributed by atoms with Crippen LogP contribution in [0.4, 0.5) is 5.82 Å². The Kier molecular flexibility index (Phi) is 4.81. The van der Waals surface area contributed by atoms with Gasteiger partial charge in [0, 0.05) is 30.3 Å². The number of nitrogens with one attached hydrogen (secondary N) is 1. The number of piperidine rings is 1. The van der Waals surface area contributed by atoms with E-state index in [1.165, 1.54) is 0 Å². The van der Waals surface area contributed by atoms with Gasteiger partial charge in [-0.2, -0.15) is 4.31 Å². The Balaban J connectivity index is 2.40. The minimum Gasteiger partial charge on any atom is -0.369 e. The first-order valence-electron chi connectivity index (χ1n) is 6.45. The number of pyridine rings is 1. The summed E-state index contributed by atoms with van der Waals surface area (Å²) in [7, 11) is -3.46. The highest BCUT2D eigenvalue weighted by molar-refractivity contribution is 9.10. The topological polar surface area (TPSA) is 62.3 Å². The van der Waals surface area contributed by atoms with E-state index in [9.17, 15) is 8.42 Å². The standard InChI is InChI=1S/C12H18BrN3O2S/c1-2-14-12-11(8-10(13)9-15-12)19(17,18)16-6-4-3-5-7-16/h8-9H,2-7H2,1H3,(H,14,15). The second kappa shape index (κ2) is 6.19. The highest BCUT2D eigenvalue weighted by Gasteiger charge is 2.29. The zero-order valence-corrected chi connectivity index (χ0v) is 13.3. The fraction of sp³-hybridized carbons (Fsp3) is 0.583. The maximum atomic E-state index is 12.7. The Hall–Kier alpha value is -0.660.